The minimum absolute atomic E-state index is 0.0237. The average Bonchev–Trinajstić information content (AvgIpc) is 3.01. The molecular formula is C13H18N4O5. The Morgan fingerprint density at radius 3 is 2.68 bits per heavy atom. The summed E-state index contributed by atoms with van der Waals surface area (Å²) in [5.74, 6) is -1.55. The molecular weight excluding hydrogens is 292 g/mol. The Labute approximate surface area is 126 Å². The molecule has 1 aromatic heterocycles. The Kier molecular flexibility index (Phi) is 7.34. The minimum atomic E-state index is -0.969. The van der Waals surface area contributed by atoms with Gasteiger partial charge in [0.25, 0.3) is 0 Å². The normalized spacial score (nSPS) is 10.9. The van der Waals surface area contributed by atoms with Crippen LogP contribution in [0.1, 0.15) is 19.1 Å². The molecule has 0 aliphatic carbocycles. The van der Waals surface area contributed by atoms with Gasteiger partial charge in [-0.2, -0.15) is 5.10 Å². The van der Waals surface area contributed by atoms with Crippen LogP contribution in [0.5, 0.6) is 0 Å². The van der Waals surface area contributed by atoms with Gasteiger partial charge in [0.05, 0.1) is 25.8 Å². The van der Waals surface area contributed by atoms with E-state index in [2.05, 4.69) is 15.7 Å². The van der Waals surface area contributed by atoms with Gasteiger partial charge in [0.2, 0.25) is 5.91 Å². The van der Waals surface area contributed by atoms with Crippen LogP contribution in [0.15, 0.2) is 27.9 Å². The molecule has 0 aliphatic heterocycles. The van der Waals surface area contributed by atoms with Gasteiger partial charge in [0.15, 0.2) is 0 Å². The molecule has 0 aliphatic rings. The van der Waals surface area contributed by atoms with E-state index in [4.69, 9.17) is 9.52 Å². The Morgan fingerprint density at radius 2 is 2.05 bits per heavy atom. The van der Waals surface area contributed by atoms with Gasteiger partial charge in [-0.05, 0) is 19.1 Å². The maximum Gasteiger partial charge on any atom is 0.329 e. The minimum Gasteiger partial charge on any atom is -0.467 e. The van der Waals surface area contributed by atoms with Gasteiger partial charge in [-0.1, -0.05) is 0 Å². The zero-order valence-electron chi connectivity index (χ0n) is 12.1. The summed E-state index contributed by atoms with van der Waals surface area (Å²) in [5, 5.41) is 16.9. The number of furan rings is 1. The van der Waals surface area contributed by atoms with E-state index in [0.717, 1.165) is 0 Å². The number of hydrogen-bond acceptors (Lipinski definition) is 6. The van der Waals surface area contributed by atoms with Crippen molar-refractivity contribution in [3.8, 4) is 0 Å². The standard InChI is InChI=1S/C13H18N4O5/c1-9(16-17-13(21)12(20)14-4-5-18)7-11(19)15-8-10-3-2-6-22-10/h2-3,6,18H,4-5,7-8H2,1H3,(H,14,20)(H,15,19)(H,17,21)/b16-9+. The highest BCUT2D eigenvalue weighted by molar-refractivity contribution is 6.35. The molecule has 0 saturated carbocycles. The number of amides is 3. The molecule has 0 saturated heterocycles. The average molecular weight is 310 g/mol. The van der Waals surface area contributed by atoms with Gasteiger partial charge in [-0.3, -0.25) is 14.4 Å². The number of carbonyl (C=O) groups excluding carboxylic acids is 3. The summed E-state index contributed by atoms with van der Waals surface area (Å²) in [5.41, 5.74) is 2.36. The number of nitrogens with one attached hydrogen (secondary N) is 3. The molecule has 0 unspecified atom stereocenters. The SMILES string of the molecule is C/C(CC(=O)NCc1ccco1)=N\NC(=O)C(=O)NCCO. The number of carbonyl (C=O) groups is 3. The van der Waals surface area contributed by atoms with Crippen molar-refractivity contribution < 1.29 is 23.9 Å². The lowest BCUT2D eigenvalue weighted by molar-refractivity contribution is -0.139. The molecule has 0 bridgehead atoms. The topological polar surface area (TPSA) is 133 Å². The Hall–Kier alpha value is -2.68. The van der Waals surface area contributed by atoms with Crippen molar-refractivity contribution >= 4 is 23.4 Å². The fourth-order valence-corrected chi connectivity index (χ4v) is 1.38. The van der Waals surface area contributed by atoms with E-state index in [9.17, 15) is 14.4 Å². The van der Waals surface area contributed by atoms with Crippen molar-refractivity contribution in [2.45, 2.75) is 19.9 Å². The van der Waals surface area contributed by atoms with Crippen molar-refractivity contribution in [3.63, 3.8) is 0 Å². The quantitative estimate of drug-likeness (QED) is 0.288. The molecule has 1 rings (SSSR count). The lowest BCUT2D eigenvalue weighted by Crippen LogP contribution is -2.39. The number of nitrogens with zero attached hydrogens (tertiary/aromatic N) is 1. The van der Waals surface area contributed by atoms with Crippen LogP contribution in [0, 0.1) is 0 Å². The summed E-state index contributed by atoms with van der Waals surface area (Å²) in [7, 11) is 0. The number of hydrazone groups is 1. The third kappa shape index (κ3) is 6.66. The van der Waals surface area contributed by atoms with Crippen molar-refractivity contribution in [1.82, 2.24) is 16.1 Å². The predicted molar refractivity (Wildman–Crippen MR) is 76.5 cm³/mol. The van der Waals surface area contributed by atoms with E-state index >= 15 is 0 Å². The van der Waals surface area contributed by atoms with E-state index in [1.807, 2.05) is 5.43 Å². The van der Waals surface area contributed by atoms with Crippen LogP contribution in [0.25, 0.3) is 0 Å². The molecule has 120 valence electrons. The zero-order chi connectivity index (χ0) is 16.4. The zero-order valence-corrected chi connectivity index (χ0v) is 12.1. The highest BCUT2D eigenvalue weighted by Crippen LogP contribution is 1.98. The number of hydrogen-bond donors (Lipinski definition) is 4. The molecule has 3 amide bonds. The maximum absolute atomic E-state index is 11.6. The molecule has 0 aromatic carbocycles. The lowest BCUT2D eigenvalue weighted by atomic mass is 10.3. The molecule has 22 heavy (non-hydrogen) atoms. The Bertz CT molecular complexity index is 539. The van der Waals surface area contributed by atoms with Crippen LogP contribution in [0.4, 0.5) is 0 Å². The van der Waals surface area contributed by atoms with Crippen LogP contribution in [-0.4, -0.2) is 41.7 Å². The van der Waals surface area contributed by atoms with Crippen LogP contribution >= 0.6 is 0 Å². The van der Waals surface area contributed by atoms with E-state index in [0.29, 0.717) is 11.5 Å². The Morgan fingerprint density at radius 1 is 1.27 bits per heavy atom. The fourth-order valence-electron chi connectivity index (χ4n) is 1.38. The van der Waals surface area contributed by atoms with Gasteiger partial charge in [-0.15, -0.1) is 0 Å². The third-order valence-corrected chi connectivity index (χ3v) is 2.41. The Balaban J connectivity index is 2.30. The first-order chi connectivity index (χ1) is 10.5. The summed E-state index contributed by atoms with van der Waals surface area (Å²) >= 11 is 0. The summed E-state index contributed by atoms with van der Waals surface area (Å²) in [4.78, 5) is 34.1. The highest BCUT2D eigenvalue weighted by Gasteiger charge is 2.12. The second-order valence-corrected chi connectivity index (χ2v) is 4.30. The first-order valence-corrected chi connectivity index (χ1v) is 6.54. The van der Waals surface area contributed by atoms with Crippen molar-refractivity contribution in [3.05, 3.63) is 24.2 Å². The summed E-state index contributed by atoms with van der Waals surface area (Å²) in [6.07, 6.45) is 1.48. The summed E-state index contributed by atoms with van der Waals surface area (Å²) in [6.45, 7) is 1.51. The smallest absolute Gasteiger partial charge is 0.329 e. The molecule has 9 heteroatoms. The van der Waals surface area contributed by atoms with E-state index < -0.39 is 11.8 Å². The third-order valence-electron chi connectivity index (χ3n) is 2.41. The van der Waals surface area contributed by atoms with Gasteiger partial charge in [0, 0.05) is 12.3 Å². The highest BCUT2D eigenvalue weighted by atomic mass is 16.3. The first-order valence-electron chi connectivity index (χ1n) is 6.54. The molecule has 4 N–H and O–H groups in total. The molecule has 0 atom stereocenters. The second kappa shape index (κ2) is 9.29. The van der Waals surface area contributed by atoms with Gasteiger partial charge in [0.1, 0.15) is 5.76 Å². The van der Waals surface area contributed by atoms with Crippen LogP contribution in [0.3, 0.4) is 0 Å². The van der Waals surface area contributed by atoms with Gasteiger partial charge in [-0.25, -0.2) is 5.43 Å². The van der Waals surface area contributed by atoms with Crippen LogP contribution in [-0.2, 0) is 20.9 Å². The van der Waals surface area contributed by atoms with Crippen molar-refractivity contribution in [2.24, 2.45) is 5.10 Å². The van der Waals surface area contributed by atoms with Crippen molar-refractivity contribution in [2.75, 3.05) is 13.2 Å². The molecule has 0 fully saturated rings. The van der Waals surface area contributed by atoms with Gasteiger partial charge >= 0.3 is 11.8 Å². The van der Waals surface area contributed by atoms with E-state index in [1.54, 1.807) is 19.1 Å². The van der Waals surface area contributed by atoms with E-state index in [-0.39, 0.29) is 32.0 Å². The maximum atomic E-state index is 11.6. The first kappa shape index (κ1) is 17.4. The number of rotatable bonds is 7. The molecule has 0 radical (unpaired) electrons. The molecule has 1 heterocycles. The predicted octanol–water partition coefficient (Wildman–Crippen LogP) is -1.11. The second-order valence-electron chi connectivity index (χ2n) is 4.30. The summed E-state index contributed by atoms with van der Waals surface area (Å²) in [6, 6.07) is 3.44. The molecule has 9 nitrogen and oxygen atoms in total. The van der Waals surface area contributed by atoms with Crippen LogP contribution < -0.4 is 16.1 Å². The van der Waals surface area contributed by atoms with Crippen molar-refractivity contribution in [1.29, 1.82) is 0 Å². The van der Waals surface area contributed by atoms with E-state index in [1.165, 1.54) is 6.26 Å². The van der Waals surface area contributed by atoms with Crippen LogP contribution in [0.2, 0.25) is 0 Å². The number of aliphatic hydroxyl groups excluding tert-OH is 1. The number of aliphatic hydroxyl groups is 1. The fraction of sp³-hybridized carbons (Fsp3) is 0.385. The molecule has 1 aromatic rings. The summed E-state index contributed by atoms with van der Waals surface area (Å²) < 4.78 is 5.06. The monoisotopic (exact) mass is 310 g/mol. The lowest BCUT2D eigenvalue weighted by Gasteiger charge is -2.04. The molecule has 0 spiro atoms. The largest absolute Gasteiger partial charge is 0.467 e. The van der Waals surface area contributed by atoms with Gasteiger partial charge < -0.3 is 20.2 Å².